The predicted octanol–water partition coefficient (Wildman–Crippen LogP) is 2.03. The van der Waals surface area contributed by atoms with Crippen LogP contribution in [0.25, 0.3) is 0 Å². The Morgan fingerprint density at radius 2 is 1.60 bits per heavy atom. The van der Waals surface area contributed by atoms with Crippen molar-refractivity contribution in [2.75, 3.05) is 26.2 Å². The minimum Gasteiger partial charge on any atom is -0.444 e. The Morgan fingerprint density at radius 1 is 1.05 bits per heavy atom. The van der Waals surface area contributed by atoms with Gasteiger partial charge in [-0.05, 0) is 45.6 Å². The van der Waals surface area contributed by atoms with E-state index in [1.807, 2.05) is 26.8 Å². The number of amides is 2. The minimum absolute atomic E-state index is 0.0562. The van der Waals surface area contributed by atoms with Crippen molar-refractivity contribution in [2.24, 2.45) is 5.92 Å². The third-order valence-electron chi connectivity index (χ3n) is 3.38. The molecule has 2 aliphatic rings. The first kappa shape index (κ1) is 14.9. The van der Waals surface area contributed by atoms with Gasteiger partial charge in [0.25, 0.3) is 0 Å². The van der Waals surface area contributed by atoms with E-state index in [2.05, 4.69) is 0 Å². The van der Waals surface area contributed by atoms with Gasteiger partial charge in [-0.25, -0.2) is 4.79 Å². The summed E-state index contributed by atoms with van der Waals surface area (Å²) in [6, 6.07) is 0. The van der Waals surface area contributed by atoms with E-state index in [9.17, 15) is 9.59 Å². The van der Waals surface area contributed by atoms with Crippen molar-refractivity contribution < 1.29 is 14.3 Å². The topological polar surface area (TPSA) is 49.9 Å². The van der Waals surface area contributed by atoms with Crippen LogP contribution in [-0.2, 0) is 9.53 Å². The predicted molar refractivity (Wildman–Crippen MR) is 76.3 cm³/mol. The first-order valence-corrected chi connectivity index (χ1v) is 7.30. The summed E-state index contributed by atoms with van der Waals surface area (Å²) in [6.45, 7) is 7.80. The highest BCUT2D eigenvalue weighted by Crippen LogP contribution is 2.30. The van der Waals surface area contributed by atoms with Gasteiger partial charge in [-0.1, -0.05) is 6.08 Å². The highest BCUT2D eigenvalue weighted by atomic mass is 16.6. The largest absolute Gasteiger partial charge is 0.444 e. The number of allylic oxidation sites excluding steroid dienone is 1. The fraction of sp³-hybridized carbons (Fsp3) is 0.733. The zero-order chi connectivity index (χ0) is 14.8. The molecule has 0 unspecified atom stereocenters. The van der Waals surface area contributed by atoms with Crippen LogP contribution in [0.5, 0.6) is 0 Å². The quantitative estimate of drug-likeness (QED) is 0.727. The lowest BCUT2D eigenvalue weighted by Gasteiger charge is -2.35. The summed E-state index contributed by atoms with van der Waals surface area (Å²) in [4.78, 5) is 27.3. The molecule has 5 heteroatoms. The molecule has 2 rings (SSSR count). The molecule has 0 N–H and O–H groups in total. The number of hydrogen-bond acceptors (Lipinski definition) is 3. The number of carbonyl (C=O) groups is 2. The third-order valence-corrected chi connectivity index (χ3v) is 3.38. The molecule has 0 aromatic rings. The summed E-state index contributed by atoms with van der Waals surface area (Å²) >= 11 is 0. The lowest BCUT2D eigenvalue weighted by Crippen LogP contribution is -2.51. The number of piperazine rings is 1. The van der Waals surface area contributed by atoms with Gasteiger partial charge in [0.2, 0.25) is 5.91 Å². The molecule has 1 aliphatic heterocycles. The minimum atomic E-state index is -0.475. The van der Waals surface area contributed by atoms with Crippen molar-refractivity contribution in [1.29, 1.82) is 0 Å². The first-order valence-electron chi connectivity index (χ1n) is 7.30. The maximum absolute atomic E-state index is 11.9. The van der Waals surface area contributed by atoms with Gasteiger partial charge in [-0.2, -0.15) is 0 Å². The molecule has 0 bridgehead atoms. The van der Waals surface area contributed by atoms with E-state index in [0.29, 0.717) is 32.1 Å². The van der Waals surface area contributed by atoms with Crippen LogP contribution in [0.15, 0.2) is 12.2 Å². The van der Waals surface area contributed by atoms with Crippen molar-refractivity contribution in [2.45, 2.75) is 39.2 Å². The molecule has 1 aliphatic carbocycles. The SMILES string of the molecule is CC(C)(C)OC(=O)N1CCN(C(=O)C=CC2CC2)CC1. The maximum Gasteiger partial charge on any atom is 0.410 e. The molecular weight excluding hydrogens is 256 g/mol. The Morgan fingerprint density at radius 3 is 2.10 bits per heavy atom. The molecular formula is C15H24N2O3. The second-order valence-corrected chi connectivity index (χ2v) is 6.49. The van der Waals surface area contributed by atoms with Crippen molar-refractivity contribution in [3.05, 3.63) is 12.2 Å². The van der Waals surface area contributed by atoms with Gasteiger partial charge in [0.1, 0.15) is 5.60 Å². The monoisotopic (exact) mass is 280 g/mol. The zero-order valence-corrected chi connectivity index (χ0v) is 12.6. The second-order valence-electron chi connectivity index (χ2n) is 6.49. The molecule has 2 fully saturated rings. The van der Waals surface area contributed by atoms with Crippen molar-refractivity contribution >= 4 is 12.0 Å². The number of ether oxygens (including phenoxy) is 1. The van der Waals surface area contributed by atoms with Crippen molar-refractivity contribution in [3.8, 4) is 0 Å². The van der Waals surface area contributed by atoms with E-state index in [4.69, 9.17) is 4.74 Å². The molecule has 0 atom stereocenters. The van der Waals surface area contributed by atoms with Crippen LogP contribution >= 0.6 is 0 Å². The van der Waals surface area contributed by atoms with E-state index in [0.717, 1.165) is 0 Å². The van der Waals surface area contributed by atoms with Gasteiger partial charge >= 0.3 is 6.09 Å². The van der Waals surface area contributed by atoms with Gasteiger partial charge < -0.3 is 14.5 Å². The van der Waals surface area contributed by atoms with Crippen LogP contribution in [0.2, 0.25) is 0 Å². The zero-order valence-electron chi connectivity index (χ0n) is 12.6. The Bertz CT molecular complexity index is 400. The lowest BCUT2D eigenvalue weighted by molar-refractivity contribution is -0.127. The van der Waals surface area contributed by atoms with E-state index in [-0.39, 0.29) is 12.0 Å². The Balaban J connectivity index is 1.76. The molecule has 112 valence electrons. The molecule has 5 nitrogen and oxygen atoms in total. The van der Waals surface area contributed by atoms with E-state index >= 15 is 0 Å². The Labute approximate surface area is 120 Å². The average Bonchev–Trinajstić information content (AvgIpc) is 3.18. The standard InChI is InChI=1S/C15H24N2O3/c1-15(2,3)20-14(19)17-10-8-16(9-11-17)13(18)7-6-12-4-5-12/h6-7,12H,4-5,8-11H2,1-3H3. The fourth-order valence-electron chi connectivity index (χ4n) is 2.05. The van der Waals surface area contributed by atoms with E-state index < -0.39 is 5.60 Å². The average molecular weight is 280 g/mol. The smallest absolute Gasteiger partial charge is 0.410 e. The van der Waals surface area contributed by atoms with E-state index in [1.54, 1.807) is 15.9 Å². The molecule has 0 aromatic carbocycles. The first-order chi connectivity index (χ1) is 9.35. The highest BCUT2D eigenvalue weighted by Gasteiger charge is 2.27. The number of hydrogen-bond donors (Lipinski definition) is 0. The number of nitrogens with zero attached hydrogens (tertiary/aromatic N) is 2. The molecule has 20 heavy (non-hydrogen) atoms. The molecule has 1 saturated heterocycles. The third kappa shape index (κ3) is 4.54. The van der Waals surface area contributed by atoms with E-state index in [1.165, 1.54) is 12.8 Å². The van der Waals surface area contributed by atoms with Crippen LogP contribution in [0.4, 0.5) is 4.79 Å². The van der Waals surface area contributed by atoms with Gasteiger partial charge in [0.05, 0.1) is 0 Å². The molecule has 2 amide bonds. The molecule has 0 aromatic heterocycles. The Hall–Kier alpha value is -1.52. The highest BCUT2D eigenvalue weighted by molar-refractivity contribution is 5.87. The van der Waals surface area contributed by atoms with Gasteiger partial charge in [-0.15, -0.1) is 0 Å². The van der Waals surface area contributed by atoms with Crippen LogP contribution in [0.3, 0.4) is 0 Å². The maximum atomic E-state index is 11.9. The summed E-state index contributed by atoms with van der Waals surface area (Å²) in [7, 11) is 0. The van der Waals surface area contributed by atoms with Gasteiger partial charge in [0.15, 0.2) is 0 Å². The number of carbonyl (C=O) groups excluding carboxylic acids is 2. The Kier molecular flexibility index (Phi) is 4.35. The fourth-order valence-corrected chi connectivity index (χ4v) is 2.05. The molecule has 1 heterocycles. The number of rotatable bonds is 2. The summed E-state index contributed by atoms with van der Waals surface area (Å²) in [5.41, 5.74) is -0.475. The van der Waals surface area contributed by atoms with Crippen molar-refractivity contribution in [3.63, 3.8) is 0 Å². The van der Waals surface area contributed by atoms with Crippen LogP contribution < -0.4 is 0 Å². The van der Waals surface area contributed by atoms with Gasteiger partial charge in [0, 0.05) is 26.2 Å². The molecule has 0 radical (unpaired) electrons. The lowest BCUT2D eigenvalue weighted by atomic mass is 10.2. The van der Waals surface area contributed by atoms with Crippen LogP contribution in [0, 0.1) is 5.92 Å². The molecule has 0 spiro atoms. The van der Waals surface area contributed by atoms with Crippen molar-refractivity contribution in [1.82, 2.24) is 9.80 Å². The van der Waals surface area contributed by atoms with Crippen LogP contribution in [-0.4, -0.2) is 53.6 Å². The summed E-state index contributed by atoms with van der Waals surface area (Å²) in [5.74, 6) is 0.669. The summed E-state index contributed by atoms with van der Waals surface area (Å²) < 4.78 is 5.33. The summed E-state index contributed by atoms with van der Waals surface area (Å²) in [6.07, 6.45) is 5.80. The second kappa shape index (κ2) is 5.85. The van der Waals surface area contributed by atoms with Gasteiger partial charge in [-0.3, -0.25) is 4.79 Å². The van der Waals surface area contributed by atoms with Crippen LogP contribution in [0.1, 0.15) is 33.6 Å². The summed E-state index contributed by atoms with van der Waals surface area (Å²) in [5, 5.41) is 0. The normalized spacial score (nSPS) is 20.4. The molecule has 1 saturated carbocycles.